The monoisotopic (exact) mass is 257 g/mol. The summed E-state index contributed by atoms with van der Waals surface area (Å²) in [5.74, 6) is -0.569. The quantitative estimate of drug-likeness (QED) is 0.441. The number of aliphatic hydroxyl groups excluding tert-OH is 1. The molecule has 1 rings (SSSR count). The van der Waals surface area contributed by atoms with Crippen molar-refractivity contribution >= 4 is 5.69 Å². The van der Waals surface area contributed by atoms with Crippen molar-refractivity contribution in [3.05, 3.63) is 34.1 Å². The van der Waals surface area contributed by atoms with Gasteiger partial charge in [0.15, 0.2) is 5.75 Å². The first-order valence-electron chi connectivity index (χ1n) is 5.82. The molecule has 0 aliphatic carbocycles. The average Bonchev–Trinajstić information content (AvgIpc) is 2.35. The molecule has 0 aliphatic heterocycles. The lowest BCUT2D eigenvalue weighted by molar-refractivity contribution is -0.386. The van der Waals surface area contributed by atoms with E-state index in [0.29, 0.717) is 6.61 Å². The molecule has 0 aromatic heterocycles. The number of benzene rings is 1. The second-order valence-corrected chi connectivity index (χ2v) is 3.86. The molecule has 0 fully saturated rings. The Morgan fingerprint density at radius 3 is 2.67 bits per heavy atom. The highest BCUT2D eigenvalue weighted by molar-refractivity contribution is 5.46. The van der Waals surface area contributed by atoms with Gasteiger partial charge in [0.05, 0.1) is 17.6 Å². The van der Waals surface area contributed by atoms with Gasteiger partial charge in [0.25, 0.3) is 0 Å². The maximum atomic E-state index is 12.9. The topological polar surface area (TPSA) is 72.6 Å². The Bertz CT molecular complexity index is 398. The van der Waals surface area contributed by atoms with Gasteiger partial charge in [-0.05, 0) is 31.4 Å². The van der Waals surface area contributed by atoms with E-state index in [2.05, 4.69) is 0 Å². The minimum absolute atomic E-state index is 0.0866. The van der Waals surface area contributed by atoms with Crippen LogP contribution >= 0.6 is 0 Å². The van der Waals surface area contributed by atoms with Crippen molar-refractivity contribution in [2.45, 2.75) is 25.7 Å². The highest BCUT2D eigenvalue weighted by atomic mass is 19.1. The number of nitro groups is 1. The van der Waals surface area contributed by atoms with E-state index in [0.717, 1.165) is 37.8 Å². The van der Waals surface area contributed by atoms with Gasteiger partial charge in [-0.25, -0.2) is 4.39 Å². The molecule has 0 bridgehead atoms. The van der Waals surface area contributed by atoms with Crippen molar-refractivity contribution in [2.24, 2.45) is 0 Å². The number of hydrogen-bond donors (Lipinski definition) is 1. The summed E-state index contributed by atoms with van der Waals surface area (Å²) in [5.41, 5.74) is -0.356. The molecule has 0 amide bonds. The fourth-order valence-corrected chi connectivity index (χ4v) is 1.50. The van der Waals surface area contributed by atoms with Crippen molar-refractivity contribution in [1.82, 2.24) is 0 Å². The molecule has 18 heavy (non-hydrogen) atoms. The summed E-state index contributed by atoms with van der Waals surface area (Å²) in [6.45, 7) is 0.516. The summed E-state index contributed by atoms with van der Waals surface area (Å²) >= 11 is 0. The van der Waals surface area contributed by atoms with Crippen LogP contribution in [0.4, 0.5) is 10.1 Å². The lowest BCUT2D eigenvalue weighted by Gasteiger charge is -2.06. The Morgan fingerprint density at radius 2 is 2.00 bits per heavy atom. The number of hydrogen-bond acceptors (Lipinski definition) is 4. The highest BCUT2D eigenvalue weighted by Gasteiger charge is 2.15. The molecule has 5 nitrogen and oxygen atoms in total. The van der Waals surface area contributed by atoms with Gasteiger partial charge < -0.3 is 9.84 Å². The van der Waals surface area contributed by atoms with Crippen LogP contribution in [0.25, 0.3) is 0 Å². The van der Waals surface area contributed by atoms with Crippen LogP contribution in [-0.4, -0.2) is 23.2 Å². The van der Waals surface area contributed by atoms with E-state index in [9.17, 15) is 14.5 Å². The fraction of sp³-hybridized carbons (Fsp3) is 0.500. The van der Waals surface area contributed by atoms with Crippen LogP contribution in [0.3, 0.4) is 0 Å². The molecular formula is C12H16FNO4. The standard InChI is InChI=1S/C12H16FNO4/c13-10-5-6-12(11(9-10)14(16)17)18-8-4-2-1-3-7-15/h5-6,9,15H,1-4,7-8H2. The maximum absolute atomic E-state index is 12.9. The van der Waals surface area contributed by atoms with Crippen LogP contribution in [0.1, 0.15) is 25.7 Å². The Morgan fingerprint density at radius 1 is 1.28 bits per heavy atom. The maximum Gasteiger partial charge on any atom is 0.313 e. The van der Waals surface area contributed by atoms with E-state index >= 15 is 0 Å². The van der Waals surface area contributed by atoms with Crippen LogP contribution in [-0.2, 0) is 0 Å². The zero-order chi connectivity index (χ0) is 13.4. The number of rotatable bonds is 8. The number of nitrogens with zero attached hydrogens (tertiary/aromatic N) is 1. The molecule has 0 heterocycles. The molecule has 1 N–H and O–H groups in total. The van der Waals surface area contributed by atoms with Crippen LogP contribution < -0.4 is 4.74 Å². The molecule has 1 aromatic rings. The fourth-order valence-electron chi connectivity index (χ4n) is 1.50. The number of halogens is 1. The van der Waals surface area contributed by atoms with Crippen molar-refractivity contribution in [1.29, 1.82) is 0 Å². The summed E-state index contributed by atoms with van der Waals surface area (Å²) in [6, 6.07) is 3.25. The second kappa shape index (κ2) is 7.60. The van der Waals surface area contributed by atoms with Gasteiger partial charge >= 0.3 is 5.69 Å². The third kappa shape index (κ3) is 4.67. The predicted molar refractivity (Wildman–Crippen MR) is 64.1 cm³/mol. The first-order chi connectivity index (χ1) is 8.65. The Hall–Kier alpha value is -1.69. The largest absolute Gasteiger partial charge is 0.487 e. The summed E-state index contributed by atoms with van der Waals surface area (Å²) in [6.07, 6.45) is 3.27. The number of aliphatic hydroxyl groups is 1. The Labute approximate surface area is 104 Å². The normalized spacial score (nSPS) is 10.3. The van der Waals surface area contributed by atoms with Crippen molar-refractivity contribution in [3.8, 4) is 5.75 Å². The molecule has 0 aliphatic rings. The van der Waals surface area contributed by atoms with E-state index in [1.807, 2.05) is 0 Å². The van der Waals surface area contributed by atoms with E-state index in [1.165, 1.54) is 6.07 Å². The first kappa shape index (κ1) is 14.4. The number of nitro benzene ring substituents is 1. The second-order valence-electron chi connectivity index (χ2n) is 3.86. The third-order valence-electron chi connectivity index (χ3n) is 2.43. The van der Waals surface area contributed by atoms with Crippen molar-refractivity contribution in [2.75, 3.05) is 13.2 Å². The summed E-state index contributed by atoms with van der Waals surface area (Å²) in [7, 11) is 0. The molecular weight excluding hydrogens is 241 g/mol. The van der Waals surface area contributed by atoms with Crippen molar-refractivity contribution < 1.29 is 19.2 Å². The van der Waals surface area contributed by atoms with Gasteiger partial charge in [-0.1, -0.05) is 6.42 Å². The zero-order valence-corrected chi connectivity index (χ0v) is 9.97. The molecule has 0 saturated heterocycles. The number of unbranched alkanes of at least 4 members (excludes halogenated alkanes) is 3. The lowest BCUT2D eigenvalue weighted by atomic mass is 10.2. The lowest BCUT2D eigenvalue weighted by Crippen LogP contribution is -2.01. The SMILES string of the molecule is O=[N+]([O-])c1cc(F)ccc1OCCCCCCO. The van der Waals surface area contributed by atoms with E-state index in [4.69, 9.17) is 9.84 Å². The van der Waals surface area contributed by atoms with E-state index in [-0.39, 0.29) is 18.0 Å². The Kier molecular flexibility index (Phi) is 6.07. The van der Waals surface area contributed by atoms with Crippen molar-refractivity contribution in [3.63, 3.8) is 0 Å². The predicted octanol–water partition coefficient (Wildman–Crippen LogP) is 2.67. The third-order valence-corrected chi connectivity index (χ3v) is 2.43. The molecule has 0 unspecified atom stereocenters. The van der Waals surface area contributed by atoms with Crippen LogP contribution in [0.5, 0.6) is 5.75 Å². The minimum atomic E-state index is -0.663. The molecule has 0 atom stereocenters. The van der Waals surface area contributed by atoms with Gasteiger partial charge in [0.1, 0.15) is 5.82 Å². The molecule has 100 valence electrons. The van der Waals surface area contributed by atoms with Gasteiger partial charge in [-0.15, -0.1) is 0 Å². The average molecular weight is 257 g/mol. The van der Waals surface area contributed by atoms with Gasteiger partial charge in [-0.3, -0.25) is 10.1 Å². The molecule has 0 spiro atoms. The minimum Gasteiger partial charge on any atom is -0.487 e. The highest BCUT2D eigenvalue weighted by Crippen LogP contribution is 2.27. The van der Waals surface area contributed by atoms with Gasteiger partial charge in [0, 0.05) is 6.61 Å². The molecule has 6 heteroatoms. The molecule has 0 saturated carbocycles. The zero-order valence-electron chi connectivity index (χ0n) is 9.97. The first-order valence-corrected chi connectivity index (χ1v) is 5.82. The van der Waals surface area contributed by atoms with E-state index < -0.39 is 10.7 Å². The summed E-state index contributed by atoms with van der Waals surface area (Å²) in [4.78, 5) is 10.0. The Balaban J connectivity index is 2.44. The summed E-state index contributed by atoms with van der Waals surface area (Å²) in [5, 5.41) is 19.3. The van der Waals surface area contributed by atoms with Gasteiger partial charge in [-0.2, -0.15) is 0 Å². The summed E-state index contributed by atoms with van der Waals surface area (Å²) < 4.78 is 18.1. The van der Waals surface area contributed by atoms with Gasteiger partial charge in [0.2, 0.25) is 0 Å². The van der Waals surface area contributed by atoms with Crippen LogP contribution in [0, 0.1) is 15.9 Å². The smallest absolute Gasteiger partial charge is 0.313 e. The van der Waals surface area contributed by atoms with Crippen LogP contribution in [0.2, 0.25) is 0 Å². The van der Waals surface area contributed by atoms with E-state index in [1.54, 1.807) is 0 Å². The molecule has 1 aromatic carbocycles. The van der Waals surface area contributed by atoms with Crippen LogP contribution in [0.15, 0.2) is 18.2 Å². The molecule has 0 radical (unpaired) electrons. The number of ether oxygens (including phenoxy) is 1.